The highest BCUT2D eigenvalue weighted by atomic mass is 32.2. The zero-order valence-electron chi connectivity index (χ0n) is 11.2. The van der Waals surface area contributed by atoms with Gasteiger partial charge in [-0.25, -0.2) is 4.79 Å². The molecule has 19 heavy (non-hydrogen) atoms. The molecule has 0 radical (unpaired) electrons. The smallest absolute Gasteiger partial charge is 0.346 e. The van der Waals surface area contributed by atoms with Gasteiger partial charge in [0.2, 0.25) is 0 Å². The van der Waals surface area contributed by atoms with E-state index in [1.807, 2.05) is 37.3 Å². The van der Waals surface area contributed by atoms with Gasteiger partial charge in [-0.2, -0.15) is 0 Å². The lowest BCUT2D eigenvalue weighted by Crippen LogP contribution is -2.05. The summed E-state index contributed by atoms with van der Waals surface area (Å²) in [5.74, 6) is -0.227. The van der Waals surface area contributed by atoms with Gasteiger partial charge in [-0.05, 0) is 26.3 Å². The van der Waals surface area contributed by atoms with Crippen molar-refractivity contribution in [3.05, 3.63) is 50.6 Å². The van der Waals surface area contributed by atoms with Crippen molar-refractivity contribution in [3.8, 4) is 0 Å². The third-order valence-corrected chi connectivity index (χ3v) is 5.54. The Balaban J connectivity index is 2.41. The zero-order chi connectivity index (χ0) is 13.8. The third kappa shape index (κ3) is 3.25. The molecule has 0 N–H and O–H groups in total. The Morgan fingerprint density at radius 3 is 2.42 bits per heavy atom. The highest BCUT2D eigenvalue weighted by molar-refractivity contribution is 8.31. The maximum absolute atomic E-state index is 12.1. The number of carbonyl (C=O) groups is 1. The van der Waals surface area contributed by atoms with Gasteiger partial charge in [-0.1, -0.05) is 59.4 Å². The summed E-state index contributed by atoms with van der Waals surface area (Å²) in [6, 6.07) is 9.99. The number of hydrogen-bond acceptors (Lipinski definition) is 4. The van der Waals surface area contributed by atoms with Crippen LogP contribution >= 0.6 is 23.5 Å². The summed E-state index contributed by atoms with van der Waals surface area (Å²) in [5, 5.41) is 0. The van der Waals surface area contributed by atoms with Crippen molar-refractivity contribution in [2.24, 2.45) is 0 Å². The average molecular weight is 292 g/mol. The second kappa shape index (κ2) is 6.35. The van der Waals surface area contributed by atoms with E-state index in [9.17, 15) is 4.79 Å². The summed E-state index contributed by atoms with van der Waals surface area (Å²) in [4.78, 5) is 13.8. The first-order valence-corrected chi connectivity index (χ1v) is 7.76. The van der Waals surface area contributed by atoms with E-state index in [4.69, 9.17) is 4.74 Å². The SMILES string of the molecule is CCOC(=O)C1=C(c2ccccc2)SC(=C(C)C)S1. The Morgan fingerprint density at radius 1 is 1.16 bits per heavy atom. The van der Waals surface area contributed by atoms with Crippen molar-refractivity contribution in [3.63, 3.8) is 0 Å². The van der Waals surface area contributed by atoms with Crippen LogP contribution in [0.3, 0.4) is 0 Å². The number of esters is 1. The fourth-order valence-corrected chi connectivity index (χ4v) is 4.09. The van der Waals surface area contributed by atoms with Crippen molar-refractivity contribution in [1.29, 1.82) is 0 Å². The van der Waals surface area contributed by atoms with Gasteiger partial charge in [0.15, 0.2) is 0 Å². The van der Waals surface area contributed by atoms with Crippen LogP contribution in [0, 0.1) is 0 Å². The molecule has 0 aromatic heterocycles. The van der Waals surface area contributed by atoms with Gasteiger partial charge >= 0.3 is 5.97 Å². The van der Waals surface area contributed by atoms with Crippen LogP contribution in [0.2, 0.25) is 0 Å². The molecule has 0 saturated carbocycles. The summed E-state index contributed by atoms with van der Waals surface area (Å²) in [7, 11) is 0. The molecule has 100 valence electrons. The van der Waals surface area contributed by atoms with E-state index >= 15 is 0 Å². The van der Waals surface area contributed by atoms with Gasteiger partial charge in [-0.3, -0.25) is 0 Å². The quantitative estimate of drug-likeness (QED) is 0.758. The van der Waals surface area contributed by atoms with E-state index in [0.29, 0.717) is 11.5 Å². The second-order valence-electron chi connectivity index (χ2n) is 4.24. The van der Waals surface area contributed by atoms with Crippen molar-refractivity contribution >= 4 is 34.4 Å². The third-order valence-electron chi connectivity index (χ3n) is 2.50. The number of hydrogen-bond donors (Lipinski definition) is 0. The Hall–Kier alpha value is -1.13. The minimum Gasteiger partial charge on any atom is -0.462 e. The Bertz CT molecular complexity index is 541. The highest BCUT2D eigenvalue weighted by Gasteiger charge is 2.28. The molecule has 1 aliphatic rings. The standard InChI is InChI=1S/C15H16O2S2/c1-4-17-14(16)13-12(11-8-6-5-7-9-11)18-15(19-13)10(2)3/h5-9H,4H2,1-3H3. The Kier molecular flexibility index (Phi) is 4.77. The molecule has 1 aromatic carbocycles. The number of ether oxygens (including phenoxy) is 1. The fraction of sp³-hybridized carbons (Fsp3) is 0.267. The zero-order valence-corrected chi connectivity index (χ0v) is 12.9. The fourth-order valence-electron chi connectivity index (χ4n) is 1.61. The van der Waals surface area contributed by atoms with E-state index in [1.165, 1.54) is 21.6 Å². The lowest BCUT2D eigenvalue weighted by molar-refractivity contribution is -0.137. The Labute approximate surface area is 122 Å². The molecule has 0 fully saturated rings. The molecule has 0 amide bonds. The average Bonchev–Trinajstić information content (AvgIpc) is 2.85. The molecular weight excluding hydrogens is 276 g/mol. The van der Waals surface area contributed by atoms with Crippen LogP contribution in [0.25, 0.3) is 4.91 Å². The number of rotatable bonds is 3. The molecule has 0 spiro atoms. The summed E-state index contributed by atoms with van der Waals surface area (Å²) in [6.45, 7) is 6.35. The van der Waals surface area contributed by atoms with Crippen LogP contribution < -0.4 is 0 Å². The van der Waals surface area contributed by atoms with E-state index in [0.717, 1.165) is 10.5 Å². The highest BCUT2D eigenvalue weighted by Crippen LogP contribution is 2.54. The van der Waals surface area contributed by atoms with Crippen LogP contribution in [0.1, 0.15) is 26.3 Å². The first-order valence-electron chi connectivity index (χ1n) is 6.13. The van der Waals surface area contributed by atoms with Crippen molar-refractivity contribution < 1.29 is 9.53 Å². The Morgan fingerprint density at radius 2 is 1.84 bits per heavy atom. The summed E-state index contributed by atoms with van der Waals surface area (Å²) < 4.78 is 6.32. The maximum Gasteiger partial charge on any atom is 0.346 e. The van der Waals surface area contributed by atoms with E-state index in [2.05, 4.69) is 13.8 Å². The van der Waals surface area contributed by atoms with Crippen LogP contribution in [-0.4, -0.2) is 12.6 Å². The first-order chi connectivity index (χ1) is 9.13. The second-order valence-corrected chi connectivity index (χ2v) is 6.54. The molecule has 2 rings (SSSR count). The van der Waals surface area contributed by atoms with Gasteiger partial charge in [0.25, 0.3) is 0 Å². The van der Waals surface area contributed by atoms with Gasteiger partial charge in [-0.15, -0.1) is 0 Å². The molecule has 0 aliphatic carbocycles. The van der Waals surface area contributed by atoms with Crippen molar-refractivity contribution in [2.75, 3.05) is 6.61 Å². The lowest BCUT2D eigenvalue weighted by Gasteiger charge is -2.04. The van der Waals surface area contributed by atoms with Gasteiger partial charge in [0.1, 0.15) is 4.91 Å². The van der Waals surface area contributed by atoms with Gasteiger partial charge < -0.3 is 4.74 Å². The van der Waals surface area contributed by atoms with E-state index in [-0.39, 0.29) is 5.97 Å². The van der Waals surface area contributed by atoms with E-state index < -0.39 is 0 Å². The summed E-state index contributed by atoms with van der Waals surface area (Å²) in [6.07, 6.45) is 0. The first kappa shape index (κ1) is 14.3. The summed E-state index contributed by atoms with van der Waals surface area (Å²) in [5.41, 5.74) is 2.29. The number of carbonyl (C=O) groups excluding carboxylic acids is 1. The van der Waals surface area contributed by atoms with Crippen LogP contribution in [0.5, 0.6) is 0 Å². The molecule has 0 bridgehead atoms. The van der Waals surface area contributed by atoms with E-state index in [1.54, 1.807) is 11.8 Å². The molecule has 0 saturated heterocycles. The molecular formula is C15H16O2S2. The lowest BCUT2D eigenvalue weighted by atomic mass is 10.2. The van der Waals surface area contributed by atoms with Crippen LogP contribution in [0.15, 0.2) is 45.0 Å². The maximum atomic E-state index is 12.1. The number of benzene rings is 1. The normalized spacial score (nSPS) is 14.8. The van der Waals surface area contributed by atoms with Crippen LogP contribution in [0.4, 0.5) is 0 Å². The predicted molar refractivity (Wildman–Crippen MR) is 83.6 cm³/mol. The predicted octanol–water partition coefficient (Wildman–Crippen LogP) is 4.65. The molecule has 1 aromatic rings. The largest absolute Gasteiger partial charge is 0.462 e. The molecule has 0 unspecified atom stereocenters. The monoisotopic (exact) mass is 292 g/mol. The molecule has 1 aliphatic heterocycles. The van der Waals surface area contributed by atoms with Crippen molar-refractivity contribution in [2.45, 2.75) is 20.8 Å². The van der Waals surface area contributed by atoms with Crippen molar-refractivity contribution in [1.82, 2.24) is 0 Å². The minimum absolute atomic E-state index is 0.227. The summed E-state index contributed by atoms with van der Waals surface area (Å²) >= 11 is 3.17. The van der Waals surface area contributed by atoms with Crippen LogP contribution in [-0.2, 0) is 9.53 Å². The molecule has 1 heterocycles. The number of thioether (sulfide) groups is 2. The van der Waals surface area contributed by atoms with Gasteiger partial charge in [0.05, 0.1) is 6.61 Å². The molecule has 2 nitrogen and oxygen atoms in total. The topological polar surface area (TPSA) is 26.3 Å². The van der Waals surface area contributed by atoms with Gasteiger partial charge in [0, 0.05) is 9.14 Å². The molecule has 4 heteroatoms. The molecule has 0 atom stereocenters. The number of allylic oxidation sites excluding steroid dienone is 1. The minimum atomic E-state index is -0.227.